The van der Waals surface area contributed by atoms with Gasteiger partial charge in [0.05, 0.1) is 12.6 Å². The van der Waals surface area contributed by atoms with E-state index in [2.05, 4.69) is 5.32 Å². The zero-order valence-electron chi connectivity index (χ0n) is 12.2. The molecule has 1 saturated heterocycles. The van der Waals surface area contributed by atoms with Gasteiger partial charge in [-0.2, -0.15) is 0 Å². The second-order valence-corrected chi connectivity index (χ2v) is 5.59. The van der Waals surface area contributed by atoms with Gasteiger partial charge in [-0.3, -0.25) is 9.69 Å². The summed E-state index contributed by atoms with van der Waals surface area (Å²) in [5.74, 6) is 1.07. The van der Waals surface area contributed by atoms with E-state index in [0.29, 0.717) is 18.9 Å². The van der Waals surface area contributed by atoms with Gasteiger partial charge in [-0.05, 0) is 19.2 Å². The van der Waals surface area contributed by atoms with Crippen molar-refractivity contribution in [3.63, 3.8) is 0 Å². The van der Waals surface area contributed by atoms with Gasteiger partial charge in [0.15, 0.2) is 0 Å². The number of ether oxygens (including phenoxy) is 1. The topological polar surface area (TPSA) is 65.0 Å². The third kappa shape index (κ3) is 2.96. The summed E-state index contributed by atoms with van der Waals surface area (Å²) in [6, 6.07) is 5.22. The molecule has 6 heteroatoms. The van der Waals surface area contributed by atoms with E-state index >= 15 is 0 Å². The molecule has 1 amide bonds. The smallest absolute Gasteiger partial charge is 0.236 e. The van der Waals surface area contributed by atoms with Crippen LogP contribution in [0.1, 0.15) is 11.6 Å². The number of nitrogens with zero attached hydrogens (tertiary/aromatic N) is 2. The normalized spacial score (nSPS) is 21.2. The van der Waals surface area contributed by atoms with Crippen LogP contribution in [0.3, 0.4) is 0 Å². The minimum Gasteiger partial charge on any atom is -0.508 e. The lowest BCUT2D eigenvalue weighted by molar-refractivity contribution is -0.133. The molecule has 0 aliphatic carbocycles. The Morgan fingerprint density at radius 1 is 1.48 bits per heavy atom. The summed E-state index contributed by atoms with van der Waals surface area (Å²) in [5.41, 5.74) is 1.03. The van der Waals surface area contributed by atoms with Gasteiger partial charge in [0.2, 0.25) is 5.91 Å². The number of benzene rings is 1. The van der Waals surface area contributed by atoms with Crippen LogP contribution in [0.15, 0.2) is 18.2 Å². The molecule has 0 saturated carbocycles. The van der Waals surface area contributed by atoms with Crippen molar-refractivity contribution >= 4 is 5.91 Å². The van der Waals surface area contributed by atoms with E-state index in [9.17, 15) is 9.90 Å². The van der Waals surface area contributed by atoms with Crippen molar-refractivity contribution in [3.05, 3.63) is 23.8 Å². The molecule has 0 spiro atoms. The molecule has 2 aliphatic rings. The Labute approximate surface area is 124 Å². The number of carbonyl (C=O) groups is 1. The van der Waals surface area contributed by atoms with Gasteiger partial charge >= 0.3 is 0 Å². The van der Waals surface area contributed by atoms with E-state index in [1.165, 1.54) is 0 Å². The van der Waals surface area contributed by atoms with Crippen molar-refractivity contribution in [2.24, 2.45) is 0 Å². The van der Waals surface area contributed by atoms with E-state index < -0.39 is 0 Å². The quantitative estimate of drug-likeness (QED) is 0.832. The molecular formula is C15H21N3O3. The number of hydrogen-bond donors (Lipinski definition) is 2. The van der Waals surface area contributed by atoms with Crippen LogP contribution < -0.4 is 10.1 Å². The van der Waals surface area contributed by atoms with Gasteiger partial charge in [-0.15, -0.1) is 0 Å². The van der Waals surface area contributed by atoms with Crippen molar-refractivity contribution < 1.29 is 14.6 Å². The number of aromatic hydroxyl groups is 1. The standard InChI is InChI=1S/C15H21N3O3/c1-17(9-15(20)18-6-4-16-5-7-18)13-10-21-14-8-11(19)2-3-12(13)14/h2-3,8,13,16,19H,4-7,9-10H2,1H3. The first-order chi connectivity index (χ1) is 10.1. The van der Waals surface area contributed by atoms with Crippen LogP contribution in [-0.4, -0.2) is 67.2 Å². The van der Waals surface area contributed by atoms with Crippen LogP contribution in [0.25, 0.3) is 0 Å². The summed E-state index contributed by atoms with van der Waals surface area (Å²) in [6.45, 7) is 4.18. The Morgan fingerprint density at radius 2 is 2.24 bits per heavy atom. The predicted octanol–water partition coefficient (Wildman–Crippen LogP) is 0.189. The lowest BCUT2D eigenvalue weighted by atomic mass is 10.1. The van der Waals surface area contributed by atoms with Gasteiger partial charge in [0.25, 0.3) is 0 Å². The van der Waals surface area contributed by atoms with Gasteiger partial charge in [0.1, 0.15) is 18.1 Å². The first-order valence-corrected chi connectivity index (χ1v) is 7.29. The summed E-state index contributed by atoms with van der Waals surface area (Å²) in [4.78, 5) is 16.2. The highest BCUT2D eigenvalue weighted by Gasteiger charge is 2.30. The van der Waals surface area contributed by atoms with E-state index in [4.69, 9.17) is 4.74 Å². The predicted molar refractivity (Wildman–Crippen MR) is 78.4 cm³/mol. The number of phenolic OH excluding ortho intramolecular Hbond substituents is 1. The molecule has 6 nitrogen and oxygen atoms in total. The number of phenols is 1. The SMILES string of the molecule is CN(CC(=O)N1CCNCC1)C1COc2cc(O)ccc21. The molecule has 2 heterocycles. The zero-order valence-corrected chi connectivity index (χ0v) is 12.2. The second kappa shape index (κ2) is 5.91. The Kier molecular flexibility index (Phi) is 3.98. The molecule has 1 atom stereocenters. The molecule has 1 aromatic carbocycles. The average molecular weight is 291 g/mol. The number of likely N-dealkylation sites (N-methyl/N-ethyl adjacent to an activating group) is 1. The summed E-state index contributed by atoms with van der Waals surface area (Å²) in [5, 5.41) is 12.7. The maximum Gasteiger partial charge on any atom is 0.236 e. The van der Waals surface area contributed by atoms with Crippen molar-refractivity contribution in [3.8, 4) is 11.5 Å². The monoisotopic (exact) mass is 291 g/mol. The third-order valence-electron chi connectivity index (χ3n) is 4.14. The summed E-state index contributed by atoms with van der Waals surface area (Å²) in [6.07, 6.45) is 0. The fourth-order valence-electron chi connectivity index (χ4n) is 2.88. The lowest BCUT2D eigenvalue weighted by Crippen LogP contribution is -2.49. The number of hydrogen-bond acceptors (Lipinski definition) is 5. The molecular weight excluding hydrogens is 270 g/mol. The van der Waals surface area contributed by atoms with Crippen LogP contribution in [0.4, 0.5) is 0 Å². The summed E-state index contributed by atoms with van der Waals surface area (Å²) in [7, 11) is 1.94. The van der Waals surface area contributed by atoms with E-state index in [0.717, 1.165) is 31.7 Å². The molecule has 2 aliphatic heterocycles. The minimum atomic E-state index is 0.0625. The Balaban J connectivity index is 1.64. The fraction of sp³-hybridized carbons (Fsp3) is 0.533. The van der Waals surface area contributed by atoms with Crippen LogP contribution in [0.5, 0.6) is 11.5 Å². The van der Waals surface area contributed by atoms with Crippen molar-refractivity contribution in [1.29, 1.82) is 0 Å². The van der Waals surface area contributed by atoms with Gasteiger partial charge in [-0.1, -0.05) is 0 Å². The Bertz CT molecular complexity index is 529. The maximum absolute atomic E-state index is 12.3. The van der Waals surface area contributed by atoms with Crippen LogP contribution in [0, 0.1) is 0 Å². The Hall–Kier alpha value is -1.79. The van der Waals surface area contributed by atoms with Crippen LogP contribution in [0.2, 0.25) is 0 Å². The van der Waals surface area contributed by atoms with Crippen molar-refractivity contribution in [2.75, 3.05) is 46.4 Å². The van der Waals surface area contributed by atoms with Gasteiger partial charge < -0.3 is 20.1 Å². The number of amides is 1. The van der Waals surface area contributed by atoms with E-state index in [1.807, 2.05) is 22.9 Å². The number of carbonyl (C=O) groups excluding carboxylic acids is 1. The van der Waals surface area contributed by atoms with Crippen molar-refractivity contribution in [1.82, 2.24) is 15.1 Å². The number of fused-ring (bicyclic) bond motifs is 1. The molecule has 1 unspecified atom stereocenters. The number of rotatable bonds is 3. The van der Waals surface area contributed by atoms with E-state index in [-0.39, 0.29) is 17.7 Å². The van der Waals surface area contributed by atoms with E-state index in [1.54, 1.807) is 12.1 Å². The Morgan fingerprint density at radius 3 is 3.00 bits per heavy atom. The minimum absolute atomic E-state index is 0.0625. The molecule has 0 radical (unpaired) electrons. The number of piperazine rings is 1. The van der Waals surface area contributed by atoms with Crippen molar-refractivity contribution in [2.45, 2.75) is 6.04 Å². The molecule has 3 rings (SSSR count). The molecule has 2 N–H and O–H groups in total. The summed E-state index contributed by atoms with van der Waals surface area (Å²) < 4.78 is 5.60. The highest BCUT2D eigenvalue weighted by Crippen LogP contribution is 2.37. The molecule has 0 bridgehead atoms. The second-order valence-electron chi connectivity index (χ2n) is 5.59. The fourth-order valence-corrected chi connectivity index (χ4v) is 2.88. The first-order valence-electron chi connectivity index (χ1n) is 7.29. The molecule has 0 aromatic heterocycles. The van der Waals surface area contributed by atoms with Gasteiger partial charge in [-0.25, -0.2) is 0 Å². The lowest BCUT2D eigenvalue weighted by Gasteiger charge is -2.30. The highest BCUT2D eigenvalue weighted by molar-refractivity contribution is 5.78. The molecule has 1 fully saturated rings. The van der Waals surface area contributed by atoms with Crippen LogP contribution >= 0.6 is 0 Å². The average Bonchev–Trinajstić information content (AvgIpc) is 2.91. The molecule has 114 valence electrons. The maximum atomic E-state index is 12.3. The van der Waals surface area contributed by atoms with Gasteiger partial charge in [0, 0.05) is 37.8 Å². The highest BCUT2D eigenvalue weighted by atomic mass is 16.5. The number of nitrogens with one attached hydrogen (secondary N) is 1. The summed E-state index contributed by atoms with van der Waals surface area (Å²) >= 11 is 0. The zero-order chi connectivity index (χ0) is 14.8. The molecule has 1 aromatic rings. The third-order valence-corrected chi connectivity index (χ3v) is 4.14. The first kappa shape index (κ1) is 14.2. The molecule has 21 heavy (non-hydrogen) atoms. The van der Waals surface area contributed by atoms with Crippen LogP contribution in [-0.2, 0) is 4.79 Å². The largest absolute Gasteiger partial charge is 0.508 e.